The predicted molar refractivity (Wildman–Crippen MR) is 134 cm³/mol. The molecule has 2 saturated heterocycles. The maximum Gasteiger partial charge on any atom is 0.253 e. The van der Waals surface area contributed by atoms with Crippen LogP contribution in [-0.4, -0.2) is 63.9 Å². The summed E-state index contributed by atoms with van der Waals surface area (Å²) in [6.07, 6.45) is 2.23. The van der Waals surface area contributed by atoms with Crippen molar-refractivity contribution < 1.29 is 24.5 Å². The van der Waals surface area contributed by atoms with E-state index in [0.29, 0.717) is 36.9 Å². The van der Waals surface area contributed by atoms with Crippen LogP contribution in [0.5, 0.6) is 0 Å². The summed E-state index contributed by atoms with van der Waals surface area (Å²) < 4.78 is 6.66. The zero-order valence-electron chi connectivity index (χ0n) is 20.7. The molecule has 0 unspecified atom stereocenters. The molecule has 2 fully saturated rings. The Bertz CT molecular complexity index is 1040. The maximum absolute atomic E-state index is 13.4. The molecule has 2 aromatic carbocycles. The van der Waals surface area contributed by atoms with E-state index in [9.17, 15) is 19.8 Å². The number of nitrogens with one attached hydrogen (secondary N) is 1. The normalized spacial score (nSPS) is 30.3. The van der Waals surface area contributed by atoms with E-state index in [1.807, 2.05) is 25.1 Å². The number of benzene rings is 2. The quantitative estimate of drug-likeness (QED) is 0.585. The first-order valence-electron chi connectivity index (χ1n) is 12.4. The van der Waals surface area contributed by atoms with E-state index in [2.05, 4.69) is 17.4 Å². The lowest BCUT2D eigenvalue weighted by Crippen LogP contribution is -2.58. The van der Waals surface area contributed by atoms with Gasteiger partial charge in [-0.15, -0.1) is 0 Å². The maximum atomic E-state index is 13.4. The first kappa shape index (κ1) is 25.4. The Morgan fingerprint density at radius 2 is 1.80 bits per heavy atom. The fourth-order valence-electron chi connectivity index (χ4n) is 6.00. The monoisotopic (exact) mass is 480 g/mol. The molecule has 3 N–H and O–H groups in total. The van der Waals surface area contributed by atoms with E-state index in [-0.39, 0.29) is 24.3 Å². The van der Waals surface area contributed by atoms with E-state index in [0.717, 1.165) is 6.42 Å². The SMILES string of the molecule is CC(=O)Nc1ccc(C(=O)N(C)[C@H]2CC[C@@]3(CCO)C[C@H](c4ccccc4)C[C@](C)(O3)[C@@H]2O)cc1. The number of fused-ring (bicyclic) bond motifs is 2. The summed E-state index contributed by atoms with van der Waals surface area (Å²) in [6.45, 7) is 3.39. The van der Waals surface area contributed by atoms with Crippen molar-refractivity contribution in [3.05, 3.63) is 65.7 Å². The smallest absolute Gasteiger partial charge is 0.253 e. The molecule has 5 atom stereocenters. The fourth-order valence-corrected chi connectivity index (χ4v) is 6.00. The van der Waals surface area contributed by atoms with Gasteiger partial charge in [0.2, 0.25) is 5.91 Å². The minimum absolute atomic E-state index is 0.00771. The highest BCUT2D eigenvalue weighted by Gasteiger charge is 2.55. The molecule has 0 aromatic heterocycles. The van der Waals surface area contributed by atoms with Gasteiger partial charge < -0.3 is 25.2 Å². The second-order valence-corrected chi connectivity index (χ2v) is 10.3. The number of likely N-dealkylation sites (N-methyl/N-ethyl adjacent to an activating group) is 1. The van der Waals surface area contributed by atoms with Crippen LogP contribution in [0.4, 0.5) is 5.69 Å². The third kappa shape index (κ3) is 5.27. The standard InChI is InChI=1S/C28H36N2O5/c1-19(32)29-23-11-9-21(10-12-23)26(34)30(3)24-13-14-28(15-16-31)18-22(20-7-5-4-6-8-20)17-27(2,35-28)25(24)33/h4-12,22,24-25,31,33H,13-18H2,1-3H3,(H,29,32)/t22-,24+,25-,27+,28-/m1/s1. The van der Waals surface area contributed by atoms with Crippen molar-refractivity contribution in [2.75, 3.05) is 19.0 Å². The Kier molecular flexibility index (Phi) is 7.31. The van der Waals surface area contributed by atoms with Crippen LogP contribution in [0, 0.1) is 0 Å². The zero-order chi connectivity index (χ0) is 25.2. The Morgan fingerprint density at radius 3 is 2.43 bits per heavy atom. The Balaban J connectivity index is 1.59. The van der Waals surface area contributed by atoms with Crippen LogP contribution in [0.3, 0.4) is 0 Å². The van der Waals surface area contributed by atoms with Crippen molar-refractivity contribution in [1.82, 2.24) is 4.90 Å². The third-order valence-electron chi connectivity index (χ3n) is 7.71. The largest absolute Gasteiger partial charge is 0.396 e. The van der Waals surface area contributed by atoms with Crippen molar-refractivity contribution in [2.24, 2.45) is 0 Å². The number of rotatable bonds is 6. The van der Waals surface area contributed by atoms with Gasteiger partial charge in [0.15, 0.2) is 0 Å². The van der Waals surface area contributed by atoms with Crippen LogP contribution < -0.4 is 5.32 Å². The highest BCUT2D eigenvalue weighted by molar-refractivity contribution is 5.95. The number of carbonyl (C=O) groups is 2. The number of aliphatic hydroxyl groups is 2. The summed E-state index contributed by atoms with van der Waals surface area (Å²) in [5.74, 6) is -0.177. The minimum atomic E-state index is -0.887. The molecule has 2 heterocycles. The molecule has 2 bridgehead atoms. The van der Waals surface area contributed by atoms with Gasteiger partial charge in [-0.3, -0.25) is 9.59 Å². The first-order chi connectivity index (χ1) is 16.7. The summed E-state index contributed by atoms with van der Waals surface area (Å²) in [5.41, 5.74) is 0.901. The van der Waals surface area contributed by atoms with Crippen LogP contribution in [0.25, 0.3) is 0 Å². The van der Waals surface area contributed by atoms with Crippen LogP contribution in [0.15, 0.2) is 54.6 Å². The molecule has 4 rings (SSSR count). The lowest BCUT2D eigenvalue weighted by Gasteiger charge is -2.50. The van der Waals surface area contributed by atoms with Gasteiger partial charge in [-0.25, -0.2) is 0 Å². The Hall–Kier alpha value is -2.74. The van der Waals surface area contributed by atoms with Gasteiger partial charge in [0.05, 0.1) is 17.2 Å². The molecule has 7 heteroatoms. The molecule has 0 saturated carbocycles. The average molecular weight is 481 g/mol. The number of ether oxygens (including phenoxy) is 1. The minimum Gasteiger partial charge on any atom is -0.396 e. The van der Waals surface area contributed by atoms with E-state index in [4.69, 9.17) is 4.74 Å². The van der Waals surface area contributed by atoms with E-state index >= 15 is 0 Å². The molecular weight excluding hydrogens is 444 g/mol. The molecule has 35 heavy (non-hydrogen) atoms. The predicted octanol–water partition coefficient (Wildman–Crippen LogP) is 3.71. The van der Waals surface area contributed by atoms with E-state index in [1.165, 1.54) is 12.5 Å². The number of hydrogen-bond donors (Lipinski definition) is 3. The second kappa shape index (κ2) is 10.1. The number of aliphatic hydroxyl groups excluding tert-OH is 2. The van der Waals surface area contributed by atoms with Crippen molar-refractivity contribution >= 4 is 17.5 Å². The summed E-state index contributed by atoms with van der Waals surface area (Å²) >= 11 is 0. The van der Waals surface area contributed by atoms with Gasteiger partial charge in [-0.1, -0.05) is 30.3 Å². The molecule has 0 spiro atoms. The Morgan fingerprint density at radius 1 is 1.11 bits per heavy atom. The molecule has 0 aliphatic carbocycles. The number of amides is 2. The number of hydrogen-bond acceptors (Lipinski definition) is 5. The van der Waals surface area contributed by atoms with E-state index < -0.39 is 23.3 Å². The van der Waals surface area contributed by atoms with E-state index in [1.54, 1.807) is 36.2 Å². The summed E-state index contributed by atoms with van der Waals surface area (Å²) in [5, 5.41) is 24.2. The molecular formula is C28H36N2O5. The lowest BCUT2D eigenvalue weighted by molar-refractivity contribution is -0.225. The molecule has 2 aliphatic rings. The molecule has 7 nitrogen and oxygen atoms in total. The van der Waals surface area contributed by atoms with Gasteiger partial charge >= 0.3 is 0 Å². The zero-order valence-corrected chi connectivity index (χ0v) is 20.7. The van der Waals surface area contributed by atoms with Crippen LogP contribution in [0.1, 0.15) is 67.8 Å². The molecule has 188 valence electrons. The number of carbonyl (C=O) groups excluding carboxylic acids is 2. The Labute approximate surface area is 207 Å². The average Bonchev–Trinajstić information content (AvgIpc) is 2.91. The highest BCUT2D eigenvalue weighted by atomic mass is 16.5. The third-order valence-corrected chi connectivity index (χ3v) is 7.71. The van der Waals surface area contributed by atoms with Gasteiger partial charge in [-0.05, 0) is 74.8 Å². The van der Waals surface area contributed by atoms with Gasteiger partial charge in [-0.2, -0.15) is 0 Å². The number of anilines is 1. The second-order valence-electron chi connectivity index (χ2n) is 10.3. The fraction of sp³-hybridized carbons (Fsp3) is 0.500. The van der Waals surface area contributed by atoms with Crippen molar-refractivity contribution in [3.8, 4) is 0 Å². The van der Waals surface area contributed by atoms with Crippen molar-refractivity contribution in [1.29, 1.82) is 0 Å². The molecule has 2 aliphatic heterocycles. The molecule has 2 aromatic rings. The van der Waals surface area contributed by atoms with Crippen molar-refractivity contribution in [2.45, 2.75) is 75.2 Å². The summed E-state index contributed by atoms with van der Waals surface area (Å²) in [6, 6.07) is 16.6. The van der Waals surface area contributed by atoms with Crippen LogP contribution >= 0.6 is 0 Å². The molecule has 0 radical (unpaired) electrons. The van der Waals surface area contributed by atoms with Crippen LogP contribution in [-0.2, 0) is 9.53 Å². The first-order valence-corrected chi connectivity index (χ1v) is 12.4. The molecule has 2 amide bonds. The van der Waals surface area contributed by atoms with Crippen molar-refractivity contribution in [3.63, 3.8) is 0 Å². The van der Waals surface area contributed by atoms with Gasteiger partial charge in [0, 0.05) is 31.8 Å². The lowest BCUT2D eigenvalue weighted by atomic mass is 9.73. The summed E-state index contributed by atoms with van der Waals surface area (Å²) in [4.78, 5) is 26.3. The van der Waals surface area contributed by atoms with Crippen LogP contribution in [0.2, 0.25) is 0 Å². The topological polar surface area (TPSA) is 99.1 Å². The van der Waals surface area contributed by atoms with Gasteiger partial charge in [0.25, 0.3) is 5.91 Å². The number of nitrogens with zero attached hydrogens (tertiary/aromatic N) is 1. The summed E-state index contributed by atoms with van der Waals surface area (Å²) in [7, 11) is 1.73. The highest BCUT2D eigenvalue weighted by Crippen LogP contribution is 2.51. The van der Waals surface area contributed by atoms with Gasteiger partial charge in [0.1, 0.15) is 6.10 Å².